The Balaban J connectivity index is 1.89. The number of likely N-dealkylation sites (tertiary alicyclic amines) is 1. The quantitative estimate of drug-likeness (QED) is 0.780. The summed E-state index contributed by atoms with van der Waals surface area (Å²) in [6.07, 6.45) is 1.96. The number of carboxylic acid groups (broad SMARTS) is 1. The molecule has 1 aromatic carbocycles. The third-order valence-corrected chi connectivity index (χ3v) is 5.09. The number of amides is 2. The maximum Gasteiger partial charge on any atom is 0.314 e. The van der Waals surface area contributed by atoms with Crippen LogP contribution in [0.2, 0.25) is 0 Å². The molecule has 1 aliphatic rings. The number of carbonyl (C=O) groups is 3. The Morgan fingerprint density at radius 3 is 2.31 bits per heavy atom. The van der Waals surface area contributed by atoms with Crippen molar-refractivity contribution < 1.29 is 19.5 Å². The summed E-state index contributed by atoms with van der Waals surface area (Å²) in [5.41, 5.74) is -0.167. The summed E-state index contributed by atoms with van der Waals surface area (Å²) < 4.78 is 0. The first-order valence-electron chi connectivity index (χ1n) is 9.18. The van der Waals surface area contributed by atoms with Crippen LogP contribution < -0.4 is 5.32 Å². The van der Waals surface area contributed by atoms with E-state index in [9.17, 15) is 19.5 Å². The molecule has 26 heavy (non-hydrogen) atoms. The fraction of sp³-hybridized carbons (Fsp3) is 0.550. The zero-order chi connectivity index (χ0) is 19.2. The summed E-state index contributed by atoms with van der Waals surface area (Å²) in [5, 5.41) is 12.5. The van der Waals surface area contributed by atoms with E-state index in [1.54, 1.807) is 4.90 Å². The van der Waals surface area contributed by atoms with Crippen molar-refractivity contribution in [3.63, 3.8) is 0 Å². The number of hydrogen-bond donors (Lipinski definition) is 2. The Hall–Kier alpha value is -2.37. The van der Waals surface area contributed by atoms with Crippen molar-refractivity contribution in [3.8, 4) is 0 Å². The molecule has 0 bridgehead atoms. The molecule has 0 saturated carbocycles. The SMILES string of the molecule is CC(C)CCC(=O)NCC(=O)N1CCC(C(=O)O)(c2ccccc2)CC1. The Morgan fingerprint density at radius 1 is 1.15 bits per heavy atom. The molecule has 0 spiro atoms. The molecular weight excluding hydrogens is 332 g/mol. The minimum Gasteiger partial charge on any atom is -0.481 e. The van der Waals surface area contributed by atoms with Crippen molar-refractivity contribution in [2.45, 2.75) is 44.9 Å². The fourth-order valence-electron chi connectivity index (χ4n) is 3.32. The van der Waals surface area contributed by atoms with Gasteiger partial charge in [-0.1, -0.05) is 44.2 Å². The maximum absolute atomic E-state index is 12.3. The van der Waals surface area contributed by atoms with Crippen LogP contribution in [0.25, 0.3) is 0 Å². The molecule has 6 heteroatoms. The Morgan fingerprint density at radius 2 is 1.77 bits per heavy atom. The zero-order valence-corrected chi connectivity index (χ0v) is 15.5. The lowest BCUT2D eigenvalue weighted by Gasteiger charge is -2.39. The van der Waals surface area contributed by atoms with Gasteiger partial charge in [-0.2, -0.15) is 0 Å². The maximum atomic E-state index is 12.3. The normalized spacial score (nSPS) is 16.3. The van der Waals surface area contributed by atoms with Crippen LogP contribution in [-0.2, 0) is 19.8 Å². The van der Waals surface area contributed by atoms with Crippen LogP contribution in [0.3, 0.4) is 0 Å². The lowest BCUT2D eigenvalue weighted by molar-refractivity contribution is -0.148. The molecule has 6 nitrogen and oxygen atoms in total. The number of carboxylic acids is 1. The predicted octanol–water partition coefficient (Wildman–Crippen LogP) is 2.18. The Bertz CT molecular complexity index is 634. The topological polar surface area (TPSA) is 86.7 Å². The van der Waals surface area contributed by atoms with Crippen LogP contribution in [0.15, 0.2) is 30.3 Å². The zero-order valence-electron chi connectivity index (χ0n) is 15.5. The van der Waals surface area contributed by atoms with Gasteiger partial charge in [-0.05, 0) is 30.7 Å². The van der Waals surface area contributed by atoms with Crippen LogP contribution in [0.5, 0.6) is 0 Å². The van der Waals surface area contributed by atoms with Gasteiger partial charge >= 0.3 is 5.97 Å². The summed E-state index contributed by atoms with van der Waals surface area (Å²) in [4.78, 5) is 37.7. The van der Waals surface area contributed by atoms with Gasteiger partial charge < -0.3 is 15.3 Å². The van der Waals surface area contributed by atoms with E-state index in [-0.39, 0.29) is 18.4 Å². The molecule has 2 rings (SSSR count). The molecule has 1 aliphatic heterocycles. The van der Waals surface area contributed by atoms with Crippen molar-refractivity contribution in [1.29, 1.82) is 0 Å². The number of rotatable bonds is 7. The molecule has 2 amide bonds. The smallest absolute Gasteiger partial charge is 0.314 e. The van der Waals surface area contributed by atoms with E-state index < -0.39 is 11.4 Å². The van der Waals surface area contributed by atoms with Gasteiger partial charge in [-0.3, -0.25) is 14.4 Å². The van der Waals surface area contributed by atoms with E-state index in [4.69, 9.17) is 0 Å². The highest BCUT2D eigenvalue weighted by Crippen LogP contribution is 2.35. The number of benzene rings is 1. The molecular formula is C20H28N2O4. The monoisotopic (exact) mass is 360 g/mol. The summed E-state index contributed by atoms with van der Waals surface area (Å²) in [6, 6.07) is 9.20. The van der Waals surface area contributed by atoms with Crippen molar-refractivity contribution >= 4 is 17.8 Å². The summed E-state index contributed by atoms with van der Waals surface area (Å²) in [5.74, 6) is -0.679. The van der Waals surface area contributed by atoms with Gasteiger partial charge in [0.1, 0.15) is 0 Å². The molecule has 1 fully saturated rings. The molecule has 0 aliphatic carbocycles. The van der Waals surface area contributed by atoms with Crippen molar-refractivity contribution in [3.05, 3.63) is 35.9 Å². The van der Waals surface area contributed by atoms with Crippen LogP contribution >= 0.6 is 0 Å². The van der Waals surface area contributed by atoms with Crippen LogP contribution in [0.4, 0.5) is 0 Å². The second-order valence-corrected chi connectivity index (χ2v) is 7.34. The van der Waals surface area contributed by atoms with Gasteiger partial charge in [0.2, 0.25) is 11.8 Å². The second kappa shape index (κ2) is 8.83. The van der Waals surface area contributed by atoms with Gasteiger partial charge in [0, 0.05) is 19.5 Å². The number of piperidine rings is 1. The van der Waals surface area contributed by atoms with E-state index in [1.165, 1.54) is 0 Å². The van der Waals surface area contributed by atoms with Crippen molar-refractivity contribution in [2.24, 2.45) is 5.92 Å². The molecule has 0 atom stereocenters. The third-order valence-electron chi connectivity index (χ3n) is 5.09. The first-order chi connectivity index (χ1) is 12.3. The number of nitrogens with zero attached hydrogens (tertiary/aromatic N) is 1. The highest BCUT2D eigenvalue weighted by molar-refractivity contribution is 5.86. The first-order valence-corrected chi connectivity index (χ1v) is 9.18. The first kappa shape index (κ1) is 19.9. The average molecular weight is 360 g/mol. The second-order valence-electron chi connectivity index (χ2n) is 7.34. The van der Waals surface area contributed by atoms with Crippen molar-refractivity contribution in [1.82, 2.24) is 10.2 Å². The van der Waals surface area contributed by atoms with Crippen LogP contribution in [0.1, 0.15) is 45.1 Å². The van der Waals surface area contributed by atoms with E-state index in [2.05, 4.69) is 5.32 Å². The lowest BCUT2D eigenvalue weighted by Crippen LogP contribution is -2.51. The summed E-state index contributed by atoms with van der Waals surface area (Å²) >= 11 is 0. The van der Waals surface area contributed by atoms with E-state index >= 15 is 0 Å². The van der Waals surface area contributed by atoms with Gasteiger partial charge in [0.05, 0.1) is 12.0 Å². The molecule has 1 heterocycles. The van der Waals surface area contributed by atoms with Gasteiger partial charge in [0.25, 0.3) is 0 Å². The summed E-state index contributed by atoms with van der Waals surface area (Å²) in [6.45, 7) is 4.83. The Labute approximate surface area is 154 Å². The molecule has 1 saturated heterocycles. The van der Waals surface area contributed by atoms with E-state index in [0.29, 0.717) is 38.3 Å². The highest BCUT2D eigenvalue weighted by atomic mass is 16.4. The van der Waals surface area contributed by atoms with Gasteiger partial charge in [-0.25, -0.2) is 0 Å². The van der Waals surface area contributed by atoms with Gasteiger partial charge in [-0.15, -0.1) is 0 Å². The predicted molar refractivity (Wildman–Crippen MR) is 98.7 cm³/mol. The third kappa shape index (κ3) is 4.84. The van der Waals surface area contributed by atoms with E-state index in [1.807, 2.05) is 44.2 Å². The van der Waals surface area contributed by atoms with E-state index in [0.717, 1.165) is 12.0 Å². The lowest BCUT2D eigenvalue weighted by atomic mass is 9.73. The number of hydrogen-bond acceptors (Lipinski definition) is 3. The van der Waals surface area contributed by atoms with Crippen LogP contribution in [0, 0.1) is 5.92 Å². The largest absolute Gasteiger partial charge is 0.481 e. The van der Waals surface area contributed by atoms with Crippen molar-refractivity contribution in [2.75, 3.05) is 19.6 Å². The highest BCUT2D eigenvalue weighted by Gasteiger charge is 2.43. The average Bonchev–Trinajstić information content (AvgIpc) is 2.65. The molecule has 142 valence electrons. The molecule has 2 N–H and O–H groups in total. The Kier molecular flexibility index (Phi) is 6.77. The molecule has 0 radical (unpaired) electrons. The minimum atomic E-state index is -0.946. The van der Waals surface area contributed by atoms with Crippen LogP contribution in [-0.4, -0.2) is 47.4 Å². The minimum absolute atomic E-state index is 0.0255. The fourth-order valence-corrected chi connectivity index (χ4v) is 3.32. The molecule has 0 aromatic heterocycles. The molecule has 0 unspecified atom stereocenters. The standard InChI is InChI=1S/C20H28N2O4/c1-15(2)8-9-17(23)21-14-18(24)22-12-10-20(11-13-22,19(25)26)16-6-4-3-5-7-16/h3-7,15H,8-14H2,1-2H3,(H,21,23)(H,25,26). The number of carbonyl (C=O) groups excluding carboxylic acids is 2. The molecule has 1 aromatic rings. The number of nitrogens with one attached hydrogen (secondary N) is 1. The van der Waals surface area contributed by atoms with Gasteiger partial charge in [0.15, 0.2) is 0 Å². The summed E-state index contributed by atoms with van der Waals surface area (Å²) in [7, 11) is 0. The number of aliphatic carboxylic acids is 1.